The lowest BCUT2D eigenvalue weighted by molar-refractivity contribution is -0.0675. The SMILES string of the molecule is CC[C@H](CC[C@H](C)C1=C2CC[C@H]3[C@@H]4CCCC[C@@]4(C)CC[C@@H]3[C@@]2(C)CC1)C(C)C. The Morgan fingerprint density at radius 1 is 0.862 bits per heavy atom. The van der Waals surface area contributed by atoms with E-state index in [0.29, 0.717) is 10.8 Å². The lowest BCUT2D eigenvalue weighted by Crippen LogP contribution is -2.50. The number of fused-ring (bicyclic) bond motifs is 5. The van der Waals surface area contributed by atoms with Gasteiger partial charge in [0.2, 0.25) is 0 Å². The van der Waals surface area contributed by atoms with Crippen molar-refractivity contribution in [2.75, 3.05) is 0 Å². The van der Waals surface area contributed by atoms with Gasteiger partial charge < -0.3 is 0 Å². The van der Waals surface area contributed by atoms with Crippen molar-refractivity contribution in [1.82, 2.24) is 0 Å². The van der Waals surface area contributed by atoms with E-state index in [1.54, 1.807) is 6.42 Å². The lowest BCUT2D eigenvalue weighted by Gasteiger charge is -2.59. The van der Waals surface area contributed by atoms with Gasteiger partial charge in [-0.15, -0.1) is 0 Å². The quantitative estimate of drug-likeness (QED) is 0.391. The van der Waals surface area contributed by atoms with Gasteiger partial charge >= 0.3 is 0 Å². The molecule has 4 aliphatic carbocycles. The van der Waals surface area contributed by atoms with Crippen LogP contribution in [0.2, 0.25) is 0 Å². The van der Waals surface area contributed by atoms with E-state index in [2.05, 4.69) is 41.5 Å². The predicted molar refractivity (Wildman–Crippen MR) is 127 cm³/mol. The Kier molecular flexibility index (Phi) is 6.32. The average Bonchev–Trinajstić information content (AvgIpc) is 3.04. The van der Waals surface area contributed by atoms with Crippen LogP contribution >= 0.6 is 0 Å². The molecule has 0 amide bonds. The highest BCUT2D eigenvalue weighted by atomic mass is 14.6. The second kappa shape index (κ2) is 8.35. The Bertz CT molecular complexity index is 612. The summed E-state index contributed by atoms with van der Waals surface area (Å²) < 4.78 is 0. The third-order valence-corrected chi connectivity index (χ3v) is 11.0. The third-order valence-electron chi connectivity index (χ3n) is 11.0. The van der Waals surface area contributed by atoms with Crippen LogP contribution in [0.15, 0.2) is 11.1 Å². The Balaban J connectivity index is 1.50. The molecule has 0 heterocycles. The molecule has 0 aromatic rings. The number of hydrogen-bond donors (Lipinski definition) is 0. The van der Waals surface area contributed by atoms with E-state index in [1.807, 2.05) is 11.1 Å². The van der Waals surface area contributed by atoms with Gasteiger partial charge in [-0.3, -0.25) is 0 Å². The summed E-state index contributed by atoms with van der Waals surface area (Å²) in [6.07, 6.45) is 19.3. The largest absolute Gasteiger partial charge is 0.0676 e. The van der Waals surface area contributed by atoms with Crippen molar-refractivity contribution in [2.45, 2.75) is 125 Å². The highest BCUT2D eigenvalue weighted by Crippen LogP contribution is 2.66. The standard InChI is InChI=1S/C29H50/c1-7-22(20(2)3)12-11-21(4)23-15-19-29(6)26(23)14-13-24-25-10-8-9-17-28(25,5)18-16-27(24)29/h20-22,24-25,27H,7-19H2,1-6H3/t21-,22+,24-,25-,27-,28-,29-/m0/s1. The van der Waals surface area contributed by atoms with Gasteiger partial charge in [0.05, 0.1) is 0 Å². The van der Waals surface area contributed by atoms with Crippen LogP contribution in [-0.4, -0.2) is 0 Å². The topological polar surface area (TPSA) is 0 Å². The molecular weight excluding hydrogens is 348 g/mol. The molecule has 4 rings (SSSR count). The molecule has 0 radical (unpaired) electrons. The third kappa shape index (κ3) is 3.78. The molecule has 4 aliphatic rings. The van der Waals surface area contributed by atoms with Crippen LogP contribution < -0.4 is 0 Å². The molecule has 29 heavy (non-hydrogen) atoms. The van der Waals surface area contributed by atoms with E-state index in [9.17, 15) is 0 Å². The van der Waals surface area contributed by atoms with Crippen LogP contribution in [0.25, 0.3) is 0 Å². The van der Waals surface area contributed by atoms with Crippen LogP contribution in [0.3, 0.4) is 0 Å². The maximum absolute atomic E-state index is 2.72. The fraction of sp³-hybridized carbons (Fsp3) is 0.931. The molecular formula is C29H50. The molecule has 0 bridgehead atoms. The Morgan fingerprint density at radius 2 is 1.66 bits per heavy atom. The summed E-state index contributed by atoms with van der Waals surface area (Å²) in [6, 6.07) is 0. The minimum atomic E-state index is 0.563. The molecule has 0 saturated heterocycles. The summed E-state index contributed by atoms with van der Waals surface area (Å²) in [5.41, 5.74) is 5.16. The maximum Gasteiger partial charge on any atom is -0.00796 e. The molecule has 3 saturated carbocycles. The normalized spacial score (nSPS) is 41.7. The van der Waals surface area contributed by atoms with Gasteiger partial charge in [0.1, 0.15) is 0 Å². The van der Waals surface area contributed by atoms with E-state index >= 15 is 0 Å². The van der Waals surface area contributed by atoms with Gasteiger partial charge in [-0.05, 0) is 111 Å². The van der Waals surface area contributed by atoms with Gasteiger partial charge in [-0.25, -0.2) is 0 Å². The summed E-state index contributed by atoms with van der Waals surface area (Å²) in [7, 11) is 0. The smallest absolute Gasteiger partial charge is 0.00796 e. The van der Waals surface area contributed by atoms with Crippen molar-refractivity contribution in [2.24, 2.45) is 46.3 Å². The van der Waals surface area contributed by atoms with E-state index < -0.39 is 0 Å². The molecule has 7 atom stereocenters. The first-order valence-electron chi connectivity index (χ1n) is 13.5. The minimum Gasteiger partial charge on any atom is -0.0676 e. The zero-order valence-corrected chi connectivity index (χ0v) is 20.7. The number of hydrogen-bond acceptors (Lipinski definition) is 0. The van der Waals surface area contributed by atoms with E-state index in [4.69, 9.17) is 0 Å². The van der Waals surface area contributed by atoms with E-state index in [0.717, 1.165) is 35.5 Å². The van der Waals surface area contributed by atoms with E-state index in [-0.39, 0.29) is 0 Å². The first-order chi connectivity index (χ1) is 13.8. The first kappa shape index (κ1) is 22.0. The molecule has 0 aromatic carbocycles. The highest BCUT2D eigenvalue weighted by Gasteiger charge is 2.56. The molecule has 0 heteroatoms. The number of allylic oxidation sites excluding steroid dienone is 2. The molecule has 0 aliphatic heterocycles. The van der Waals surface area contributed by atoms with Crippen LogP contribution in [-0.2, 0) is 0 Å². The molecule has 0 spiro atoms. The summed E-state index contributed by atoms with van der Waals surface area (Å²) in [6.45, 7) is 15.2. The van der Waals surface area contributed by atoms with Crippen LogP contribution in [0.1, 0.15) is 125 Å². The fourth-order valence-corrected chi connectivity index (χ4v) is 9.06. The molecule has 0 aromatic heterocycles. The van der Waals surface area contributed by atoms with Gasteiger partial charge in [-0.1, -0.05) is 72.0 Å². The van der Waals surface area contributed by atoms with Crippen molar-refractivity contribution >= 4 is 0 Å². The van der Waals surface area contributed by atoms with Crippen molar-refractivity contribution in [3.63, 3.8) is 0 Å². The average molecular weight is 399 g/mol. The van der Waals surface area contributed by atoms with Gasteiger partial charge in [0, 0.05) is 0 Å². The molecule has 166 valence electrons. The van der Waals surface area contributed by atoms with Crippen molar-refractivity contribution in [1.29, 1.82) is 0 Å². The van der Waals surface area contributed by atoms with Gasteiger partial charge in [-0.2, -0.15) is 0 Å². The molecule has 0 N–H and O–H groups in total. The highest BCUT2D eigenvalue weighted by molar-refractivity contribution is 5.33. The summed E-state index contributed by atoms with van der Waals surface area (Å²) in [5.74, 6) is 5.70. The lowest BCUT2D eigenvalue weighted by atomic mass is 9.46. The van der Waals surface area contributed by atoms with Crippen molar-refractivity contribution < 1.29 is 0 Å². The Labute approximate surface area is 182 Å². The van der Waals surface area contributed by atoms with E-state index in [1.165, 1.54) is 77.0 Å². The number of rotatable bonds is 6. The zero-order valence-electron chi connectivity index (χ0n) is 20.7. The van der Waals surface area contributed by atoms with Crippen LogP contribution in [0.4, 0.5) is 0 Å². The van der Waals surface area contributed by atoms with Crippen LogP contribution in [0.5, 0.6) is 0 Å². The molecule has 0 nitrogen and oxygen atoms in total. The summed E-state index contributed by atoms with van der Waals surface area (Å²) in [5, 5.41) is 0. The molecule has 3 fully saturated rings. The van der Waals surface area contributed by atoms with Crippen LogP contribution in [0, 0.1) is 46.3 Å². The van der Waals surface area contributed by atoms with Gasteiger partial charge in [0.25, 0.3) is 0 Å². The minimum absolute atomic E-state index is 0.563. The zero-order chi connectivity index (χ0) is 20.8. The predicted octanol–water partition coefficient (Wildman–Crippen LogP) is 9.20. The van der Waals surface area contributed by atoms with Crippen molar-refractivity contribution in [3.05, 3.63) is 11.1 Å². The Morgan fingerprint density at radius 3 is 2.38 bits per heavy atom. The second-order valence-electron chi connectivity index (χ2n) is 12.7. The fourth-order valence-electron chi connectivity index (χ4n) is 9.06. The summed E-state index contributed by atoms with van der Waals surface area (Å²) in [4.78, 5) is 0. The summed E-state index contributed by atoms with van der Waals surface area (Å²) >= 11 is 0. The maximum atomic E-state index is 2.72. The van der Waals surface area contributed by atoms with Gasteiger partial charge in [0.15, 0.2) is 0 Å². The van der Waals surface area contributed by atoms with Crippen molar-refractivity contribution in [3.8, 4) is 0 Å². The first-order valence-corrected chi connectivity index (χ1v) is 13.5. The second-order valence-corrected chi connectivity index (χ2v) is 12.7. The Hall–Kier alpha value is -0.260. The monoisotopic (exact) mass is 398 g/mol. The molecule has 0 unspecified atom stereocenters.